The lowest BCUT2D eigenvalue weighted by molar-refractivity contribution is -0.161. The second kappa shape index (κ2) is 40.4. The molecule has 3 atom stereocenters. The van der Waals surface area contributed by atoms with Crippen molar-refractivity contribution < 1.29 is 47.5 Å². The van der Waals surface area contributed by atoms with Crippen molar-refractivity contribution in [3.63, 3.8) is 0 Å². The van der Waals surface area contributed by atoms with Crippen LogP contribution in [0.3, 0.4) is 0 Å². The predicted octanol–water partition coefficient (Wildman–Crippen LogP) is 11.5. The average molecular weight is 834 g/mol. The van der Waals surface area contributed by atoms with Crippen molar-refractivity contribution in [3.8, 4) is 0 Å². The van der Waals surface area contributed by atoms with E-state index in [0.717, 1.165) is 89.9 Å². The summed E-state index contributed by atoms with van der Waals surface area (Å²) in [4.78, 5) is 45.9. The first-order valence-corrected chi connectivity index (χ1v) is 23.1. The Hall–Kier alpha value is -3.34. The van der Waals surface area contributed by atoms with E-state index in [1.54, 1.807) is 0 Å². The summed E-state index contributed by atoms with van der Waals surface area (Å²) in [6.45, 7) is 2.58. The van der Waals surface area contributed by atoms with E-state index in [9.17, 15) is 23.8 Å². The van der Waals surface area contributed by atoms with Crippen LogP contribution in [0.15, 0.2) is 85.1 Å². The van der Waals surface area contributed by atoms with E-state index >= 15 is 0 Å². The Morgan fingerprint density at radius 2 is 1.03 bits per heavy atom. The molecule has 0 spiro atoms. The van der Waals surface area contributed by atoms with Crippen molar-refractivity contribution >= 4 is 25.7 Å². The van der Waals surface area contributed by atoms with Crippen LogP contribution in [0.4, 0.5) is 0 Å². The fraction of sp³-hybridized carbons (Fsp3) is 0.630. The Balaban J connectivity index is 4.41. The molecule has 12 heteroatoms. The van der Waals surface area contributed by atoms with Gasteiger partial charge in [-0.1, -0.05) is 150 Å². The van der Waals surface area contributed by atoms with Gasteiger partial charge in [-0.15, -0.1) is 0 Å². The van der Waals surface area contributed by atoms with E-state index < -0.39 is 51.1 Å². The molecule has 0 radical (unpaired) electrons. The number of phosphoric ester groups is 1. The maximum absolute atomic E-state index is 12.6. The van der Waals surface area contributed by atoms with Gasteiger partial charge in [0.25, 0.3) is 0 Å². The number of hydrogen-bond donors (Lipinski definition) is 3. The number of allylic oxidation sites excluding steroid dienone is 14. The number of carbonyl (C=O) groups is 3. The van der Waals surface area contributed by atoms with Gasteiger partial charge in [0.1, 0.15) is 12.6 Å². The van der Waals surface area contributed by atoms with Gasteiger partial charge in [-0.3, -0.25) is 23.4 Å². The minimum absolute atomic E-state index is 0.129. The van der Waals surface area contributed by atoms with Crippen molar-refractivity contribution in [2.45, 2.75) is 167 Å². The third-order valence-electron chi connectivity index (χ3n) is 8.69. The lowest BCUT2D eigenvalue weighted by Crippen LogP contribution is -2.34. The molecule has 11 nitrogen and oxygen atoms in total. The molecule has 0 bridgehead atoms. The molecule has 0 heterocycles. The molecule has 0 aromatic rings. The van der Waals surface area contributed by atoms with Crippen molar-refractivity contribution in [2.75, 3.05) is 19.8 Å². The largest absolute Gasteiger partial charge is 0.480 e. The number of unbranched alkanes of at least 4 members (excludes halogenated alkanes) is 13. The van der Waals surface area contributed by atoms with Crippen LogP contribution in [0.2, 0.25) is 0 Å². The van der Waals surface area contributed by atoms with Crippen molar-refractivity contribution in [2.24, 2.45) is 5.73 Å². The highest BCUT2D eigenvalue weighted by atomic mass is 31.2. The average Bonchev–Trinajstić information content (AvgIpc) is 3.20. The number of phosphoric acid groups is 1. The quantitative estimate of drug-likeness (QED) is 0.0177. The van der Waals surface area contributed by atoms with Gasteiger partial charge in [-0.2, -0.15) is 0 Å². The smallest absolute Gasteiger partial charge is 0.472 e. The molecule has 0 aromatic carbocycles. The molecule has 58 heavy (non-hydrogen) atoms. The summed E-state index contributed by atoms with van der Waals surface area (Å²) >= 11 is 0. The Morgan fingerprint density at radius 3 is 1.59 bits per heavy atom. The van der Waals surface area contributed by atoms with E-state index in [4.69, 9.17) is 24.8 Å². The fourth-order valence-corrected chi connectivity index (χ4v) is 6.06. The highest BCUT2D eigenvalue weighted by Crippen LogP contribution is 2.43. The van der Waals surface area contributed by atoms with Crippen LogP contribution >= 0.6 is 7.82 Å². The van der Waals surface area contributed by atoms with Crippen LogP contribution in [0.1, 0.15) is 155 Å². The van der Waals surface area contributed by atoms with Crippen molar-refractivity contribution in [1.29, 1.82) is 0 Å². The third kappa shape index (κ3) is 39.5. The molecular formula is C46H76NO10P. The van der Waals surface area contributed by atoms with Crippen LogP contribution in [0.25, 0.3) is 0 Å². The molecule has 0 aromatic heterocycles. The van der Waals surface area contributed by atoms with E-state index in [2.05, 4.69) is 79.1 Å². The standard InChI is InChI=1S/C46H76NO10P/c1-3-5-7-9-11-13-15-17-18-19-20-21-22-23-24-26-27-29-31-33-35-37-44(48)54-39-42(40-55-58(52,53)56-41-43(47)46(50)51)57-45(49)38-36-34-32-30-28-25-16-14-12-10-8-6-4-2/h6,8,10-14,16-18,20-21,23-24,42-43H,3-5,7,9,15,19,22,25-41,47H2,1-2H3,(H,50,51)(H,52,53)/b8-6+,12-10+,13-11+,16-14+,18-17+,21-20+,24-23+/t42?,43-/m0/s1. The summed E-state index contributed by atoms with van der Waals surface area (Å²) in [6.07, 6.45) is 49.3. The van der Waals surface area contributed by atoms with Crippen LogP contribution in [0.5, 0.6) is 0 Å². The van der Waals surface area contributed by atoms with Gasteiger partial charge in [-0.25, -0.2) is 4.57 Å². The number of rotatable bonds is 39. The molecule has 0 rings (SSSR count). The molecule has 0 saturated heterocycles. The second-order valence-corrected chi connectivity index (χ2v) is 15.6. The molecule has 0 fully saturated rings. The van der Waals surface area contributed by atoms with Gasteiger partial charge < -0.3 is 25.2 Å². The number of carboxylic acid groups (broad SMARTS) is 1. The summed E-state index contributed by atoms with van der Waals surface area (Å²) < 4.78 is 32.6. The minimum atomic E-state index is -4.73. The van der Waals surface area contributed by atoms with Gasteiger partial charge in [0.05, 0.1) is 13.2 Å². The summed E-state index contributed by atoms with van der Waals surface area (Å²) in [7, 11) is -4.73. The van der Waals surface area contributed by atoms with Gasteiger partial charge in [0.2, 0.25) is 0 Å². The van der Waals surface area contributed by atoms with Crippen LogP contribution in [-0.4, -0.2) is 59.9 Å². The molecule has 0 aliphatic heterocycles. The van der Waals surface area contributed by atoms with Gasteiger partial charge >= 0.3 is 25.7 Å². The highest BCUT2D eigenvalue weighted by molar-refractivity contribution is 7.47. The van der Waals surface area contributed by atoms with Gasteiger partial charge in [0, 0.05) is 12.8 Å². The Bertz CT molecular complexity index is 1300. The van der Waals surface area contributed by atoms with Gasteiger partial charge in [0.15, 0.2) is 6.10 Å². The molecule has 0 saturated carbocycles. The lowest BCUT2D eigenvalue weighted by atomic mass is 10.1. The molecular weight excluding hydrogens is 757 g/mol. The monoisotopic (exact) mass is 834 g/mol. The number of aliphatic carboxylic acids is 1. The molecule has 2 unspecified atom stereocenters. The minimum Gasteiger partial charge on any atom is -0.480 e. The zero-order chi connectivity index (χ0) is 42.8. The summed E-state index contributed by atoms with van der Waals surface area (Å²) in [5.41, 5.74) is 5.33. The molecule has 4 N–H and O–H groups in total. The van der Waals surface area contributed by atoms with Crippen LogP contribution in [0, 0.1) is 0 Å². The van der Waals surface area contributed by atoms with E-state index in [-0.39, 0.29) is 19.4 Å². The van der Waals surface area contributed by atoms with Gasteiger partial charge in [-0.05, 0) is 77.0 Å². The maximum Gasteiger partial charge on any atom is 0.472 e. The fourth-order valence-electron chi connectivity index (χ4n) is 5.28. The third-order valence-corrected chi connectivity index (χ3v) is 9.64. The first kappa shape index (κ1) is 54.7. The predicted molar refractivity (Wildman–Crippen MR) is 235 cm³/mol. The SMILES string of the molecule is CC/C=C/C=C/C=C/CCCCCCCC(=O)OC(COC(=O)CCCCCCC/C=C/C/C=C/C/C=C/C/C=C/CCCCC)COP(=O)(O)OC[C@H](N)C(=O)O. The Labute approximate surface area is 350 Å². The van der Waals surface area contributed by atoms with Crippen LogP contribution in [-0.2, 0) is 37.5 Å². The molecule has 0 aliphatic carbocycles. The zero-order valence-corrected chi connectivity index (χ0v) is 36.5. The van der Waals surface area contributed by atoms with E-state index in [1.165, 1.54) is 25.7 Å². The van der Waals surface area contributed by atoms with E-state index in [0.29, 0.717) is 12.8 Å². The van der Waals surface area contributed by atoms with E-state index in [1.807, 2.05) is 24.3 Å². The second-order valence-electron chi connectivity index (χ2n) is 14.2. The maximum atomic E-state index is 12.6. The number of hydrogen-bond acceptors (Lipinski definition) is 9. The first-order valence-electron chi connectivity index (χ1n) is 21.6. The number of carbonyl (C=O) groups excluding carboxylic acids is 2. The summed E-state index contributed by atoms with van der Waals surface area (Å²) in [5.74, 6) is -2.44. The Kier molecular flexibility index (Phi) is 38.1. The molecule has 0 aliphatic rings. The molecule has 330 valence electrons. The lowest BCUT2D eigenvalue weighted by Gasteiger charge is -2.20. The number of nitrogens with two attached hydrogens (primary N) is 1. The topological polar surface area (TPSA) is 172 Å². The highest BCUT2D eigenvalue weighted by Gasteiger charge is 2.28. The van der Waals surface area contributed by atoms with Crippen molar-refractivity contribution in [3.05, 3.63) is 85.1 Å². The summed E-state index contributed by atoms with van der Waals surface area (Å²) in [6, 6.07) is -1.53. The Morgan fingerprint density at radius 1 is 0.569 bits per heavy atom. The zero-order valence-electron chi connectivity index (χ0n) is 35.6. The normalized spacial score (nSPS) is 14.6. The summed E-state index contributed by atoms with van der Waals surface area (Å²) in [5, 5.41) is 8.88. The number of carboxylic acids is 1. The first-order chi connectivity index (χ1) is 28.1. The van der Waals surface area contributed by atoms with Crippen molar-refractivity contribution in [1.82, 2.24) is 0 Å². The molecule has 0 amide bonds. The number of ether oxygens (including phenoxy) is 2. The number of esters is 2. The van der Waals surface area contributed by atoms with Crippen LogP contribution < -0.4 is 5.73 Å².